The maximum Gasteiger partial charge on any atom is 0.134 e. The lowest BCUT2D eigenvalue weighted by Crippen LogP contribution is -1.99. The maximum atomic E-state index is 15.0. The second kappa shape index (κ2) is 11.4. The molecule has 4 rings (SSSR count). The van der Waals surface area contributed by atoms with Crippen LogP contribution in [0.25, 0.3) is 22.3 Å². The Morgan fingerprint density at radius 1 is 0.694 bits per heavy atom. The van der Waals surface area contributed by atoms with E-state index in [0.717, 1.165) is 24.1 Å². The number of hydrogen-bond acceptors (Lipinski definition) is 0. The summed E-state index contributed by atoms with van der Waals surface area (Å²) in [6, 6.07) is 22.2. The third-order valence-electron chi connectivity index (χ3n) is 6.47. The van der Waals surface area contributed by atoms with Crippen molar-refractivity contribution in [2.45, 2.75) is 39.0 Å². The quantitative estimate of drug-likeness (QED) is 0.171. The van der Waals surface area contributed by atoms with Crippen LogP contribution in [0.15, 0.2) is 91.0 Å². The van der Waals surface area contributed by atoms with Gasteiger partial charge in [-0.25, -0.2) is 17.6 Å². The summed E-state index contributed by atoms with van der Waals surface area (Å²) >= 11 is 0. The van der Waals surface area contributed by atoms with Crippen molar-refractivity contribution in [1.82, 2.24) is 0 Å². The van der Waals surface area contributed by atoms with Gasteiger partial charge in [0.25, 0.3) is 0 Å². The van der Waals surface area contributed by atoms with Crippen molar-refractivity contribution in [3.05, 3.63) is 131 Å². The van der Waals surface area contributed by atoms with Gasteiger partial charge < -0.3 is 0 Å². The van der Waals surface area contributed by atoms with Crippen LogP contribution in [0.4, 0.5) is 17.6 Å². The Labute approximate surface area is 209 Å². The van der Waals surface area contributed by atoms with E-state index in [9.17, 15) is 8.78 Å². The van der Waals surface area contributed by atoms with E-state index in [1.165, 1.54) is 17.7 Å². The number of hydrogen-bond donors (Lipinski definition) is 0. The number of rotatable bonds is 8. The topological polar surface area (TPSA) is 0 Å². The Kier molecular flexibility index (Phi) is 8.04. The van der Waals surface area contributed by atoms with Crippen LogP contribution in [0.1, 0.15) is 42.9 Å². The molecule has 0 saturated heterocycles. The first-order valence-corrected chi connectivity index (χ1v) is 12.1. The highest BCUT2D eigenvalue weighted by atomic mass is 19.1. The van der Waals surface area contributed by atoms with Gasteiger partial charge in [-0.15, -0.1) is 0 Å². The van der Waals surface area contributed by atoms with Crippen LogP contribution < -0.4 is 0 Å². The summed E-state index contributed by atoms with van der Waals surface area (Å²) in [7, 11) is 0. The molecule has 0 saturated carbocycles. The van der Waals surface area contributed by atoms with Crippen LogP contribution in [-0.2, 0) is 12.8 Å². The maximum absolute atomic E-state index is 15.0. The zero-order chi connectivity index (χ0) is 25.7. The van der Waals surface area contributed by atoms with Crippen molar-refractivity contribution in [3.63, 3.8) is 0 Å². The first kappa shape index (κ1) is 25.4. The van der Waals surface area contributed by atoms with E-state index in [0.29, 0.717) is 23.5 Å². The second-order valence-electron chi connectivity index (χ2n) is 9.05. The molecule has 4 heteroatoms. The monoisotopic (exact) mass is 488 g/mol. The zero-order valence-electron chi connectivity index (χ0n) is 20.4. The molecule has 0 aliphatic heterocycles. The minimum absolute atomic E-state index is 0.0871. The fourth-order valence-electron chi connectivity index (χ4n) is 4.48. The van der Waals surface area contributed by atoms with Gasteiger partial charge in [0.1, 0.15) is 23.3 Å². The summed E-state index contributed by atoms with van der Waals surface area (Å²) in [5, 5.41) is 0. The van der Waals surface area contributed by atoms with Gasteiger partial charge in [0.15, 0.2) is 0 Å². The fraction of sp³-hybridized carbons (Fsp3) is 0.188. The second-order valence-corrected chi connectivity index (χ2v) is 9.05. The van der Waals surface area contributed by atoms with Gasteiger partial charge in [0.2, 0.25) is 0 Å². The van der Waals surface area contributed by atoms with E-state index < -0.39 is 28.8 Å². The third kappa shape index (κ3) is 5.76. The first-order valence-electron chi connectivity index (χ1n) is 12.1. The molecule has 36 heavy (non-hydrogen) atoms. The molecule has 1 atom stereocenters. The van der Waals surface area contributed by atoms with E-state index >= 15 is 8.78 Å². The van der Waals surface area contributed by atoms with Gasteiger partial charge in [-0.3, -0.25) is 0 Å². The summed E-state index contributed by atoms with van der Waals surface area (Å²) < 4.78 is 59.2. The van der Waals surface area contributed by atoms with Crippen molar-refractivity contribution in [1.29, 1.82) is 0 Å². The van der Waals surface area contributed by atoms with Crippen LogP contribution in [0.2, 0.25) is 0 Å². The van der Waals surface area contributed by atoms with Gasteiger partial charge >= 0.3 is 0 Å². The molecule has 0 amide bonds. The Hall–Kier alpha value is -3.66. The fourth-order valence-corrected chi connectivity index (χ4v) is 4.48. The molecule has 0 spiro atoms. The third-order valence-corrected chi connectivity index (χ3v) is 6.47. The summed E-state index contributed by atoms with van der Waals surface area (Å²) in [6.45, 7) is 3.99. The molecular formula is C32H28F4. The molecule has 0 aliphatic carbocycles. The number of benzene rings is 4. The standard InChI is InChI=1S/C32H28F4/c1-3-4-6-11-27-28(33)19-26(20-29(27)34)32-30(35)17-25(18-31(32)36)24-14-12-22(13-15-24)16-21(2)23-9-7-5-8-10-23/h3-5,7-10,12-15,17-21H,6,11,16H2,1-2H3/t21-/m0/s1. The Balaban J connectivity index is 1.56. The van der Waals surface area contributed by atoms with Gasteiger partial charge in [-0.05, 0) is 84.2 Å². The zero-order valence-corrected chi connectivity index (χ0v) is 20.4. The molecule has 0 unspecified atom stereocenters. The molecule has 0 heterocycles. The summed E-state index contributed by atoms with van der Waals surface area (Å²) in [6.07, 6.45) is 5.10. The van der Waals surface area contributed by atoms with E-state index in [-0.39, 0.29) is 17.5 Å². The van der Waals surface area contributed by atoms with Crippen LogP contribution in [0.5, 0.6) is 0 Å². The molecule has 0 fully saturated rings. The highest BCUT2D eigenvalue weighted by Gasteiger charge is 2.18. The Morgan fingerprint density at radius 2 is 1.28 bits per heavy atom. The molecular weight excluding hydrogens is 460 g/mol. The molecule has 0 nitrogen and oxygen atoms in total. The molecule has 0 bridgehead atoms. The molecule has 0 radical (unpaired) electrons. The summed E-state index contributed by atoms with van der Waals surface area (Å²) in [4.78, 5) is 0. The van der Waals surface area contributed by atoms with E-state index in [4.69, 9.17) is 0 Å². The van der Waals surface area contributed by atoms with Crippen molar-refractivity contribution in [2.24, 2.45) is 0 Å². The predicted octanol–water partition coefficient (Wildman–Crippen LogP) is 9.43. The van der Waals surface area contributed by atoms with Crippen LogP contribution in [-0.4, -0.2) is 0 Å². The Bertz CT molecular complexity index is 1310. The highest BCUT2D eigenvalue weighted by Crippen LogP contribution is 2.33. The van der Waals surface area contributed by atoms with Crippen LogP contribution in [0, 0.1) is 23.3 Å². The number of halogens is 4. The van der Waals surface area contributed by atoms with Crippen molar-refractivity contribution < 1.29 is 17.6 Å². The van der Waals surface area contributed by atoms with Crippen molar-refractivity contribution in [2.75, 3.05) is 0 Å². The predicted molar refractivity (Wildman–Crippen MR) is 139 cm³/mol. The van der Waals surface area contributed by atoms with Crippen molar-refractivity contribution in [3.8, 4) is 22.3 Å². The van der Waals surface area contributed by atoms with Gasteiger partial charge in [0.05, 0.1) is 5.56 Å². The average molecular weight is 489 g/mol. The van der Waals surface area contributed by atoms with E-state index in [1.807, 2.05) is 49.4 Å². The largest absolute Gasteiger partial charge is 0.207 e. The summed E-state index contributed by atoms with van der Waals surface area (Å²) in [5.74, 6) is -3.02. The van der Waals surface area contributed by atoms with Crippen LogP contribution in [0.3, 0.4) is 0 Å². The normalized spacial score (nSPS) is 12.3. The lowest BCUT2D eigenvalue weighted by atomic mass is 9.92. The first-order chi connectivity index (χ1) is 17.4. The smallest absolute Gasteiger partial charge is 0.134 e. The lowest BCUT2D eigenvalue weighted by molar-refractivity contribution is 0.554. The SMILES string of the molecule is CC=CCCc1c(F)cc(-c2c(F)cc(-c3ccc(C[C@H](C)c4ccccc4)cc3)cc2F)cc1F. The minimum atomic E-state index is -0.868. The van der Waals surface area contributed by atoms with Crippen molar-refractivity contribution >= 4 is 0 Å². The van der Waals surface area contributed by atoms with Gasteiger partial charge in [0, 0.05) is 5.56 Å². The molecule has 4 aromatic rings. The summed E-state index contributed by atoms with van der Waals surface area (Å²) in [5.41, 5.74) is 2.70. The average Bonchev–Trinajstić information content (AvgIpc) is 2.86. The van der Waals surface area contributed by atoms with E-state index in [1.54, 1.807) is 12.2 Å². The lowest BCUT2D eigenvalue weighted by Gasteiger charge is -2.13. The molecule has 4 aromatic carbocycles. The number of allylic oxidation sites excluding steroid dienone is 2. The highest BCUT2D eigenvalue weighted by molar-refractivity contribution is 5.72. The minimum Gasteiger partial charge on any atom is -0.207 e. The molecule has 184 valence electrons. The van der Waals surface area contributed by atoms with E-state index in [2.05, 4.69) is 19.1 Å². The van der Waals surface area contributed by atoms with Gasteiger partial charge in [-0.2, -0.15) is 0 Å². The molecule has 0 N–H and O–H groups in total. The molecule has 0 aromatic heterocycles. The van der Waals surface area contributed by atoms with Gasteiger partial charge in [-0.1, -0.05) is 73.7 Å². The Morgan fingerprint density at radius 3 is 1.86 bits per heavy atom. The molecule has 0 aliphatic rings. The van der Waals surface area contributed by atoms with Crippen LogP contribution >= 0.6 is 0 Å².